The van der Waals surface area contributed by atoms with Gasteiger partial charge in [-0.1, -0.05) is 13.8 Å². The van der Waals surface area contributed by atoms with E-state index in [0.29, 0.717) is 43.6 Å². The molecule has 9 nitrogen and oxygen atoms in total. The summed E-state index contributed by atoms with van der Waals surface area (Å²) in [6.07, 6.45) is 4.94. The minimum atomic E-state index is -0.292. The molecule has 2 aromatic rings. The molecule has 2 fully saturated rings. The maximum Gasteiger partial charge on any atom is 0.245 e. The molecule has 1 N–H and O–H groups in total. The van der Waals surface area contributed by atoms with E-state index in [1.165, 1.54) is 0 Å². The van der Waals surface area contributed by atoms with Crippen LogP contribution in [0.1, 0.15) is 33.6 Å². The van der Waals surface area contributed by atoms with Gasteiger partial charge in [-0.3, -0.25) is 4.79 Å². The lowest BCUT2D eigenvalue weighted by molar-refractivity contribution is -0.134. The van der Waals surface area contributed by atoms with Gasteiger partial charge in [-0.15, -0.1) is 0 Å². The number of ether oxygens (including phenoxy) is 1. The Morgan fingerprint density at radius 3 is 2.70 bits per heavy atom. The number of aliphatic hydroxyl groups excluding tert-OH is 1. The summed E-state index contributed by atoms with van der Waals surface area (Å²) in [4.78, 5) is 30.5. The predicted octanol–water partition coefficient (Wildman–Crippen LogP) is 1.31. The Bertz CT molecular complexity index is 892. The zero-order valence-electron chi connectivity index (χ0n) is 18.1. The van der Waals surface area contributed by atoms with Gasteiger partial charge in [0.1, 0.15) is 12.4 Å². The normalized spacial score (nSPS) is 22.3. The van der Waals surface area contributed by atoms with Crippen LogP contribution in [-0.2, 0) is 16.1 Å². The van der Waals surface area contributed by atoms with Gasteiger partial charge >= 0.3 is 0 Å². The monoisotopic (exact) mass is 416 g/mol. The minimum absolute atomic E-state index is 0.108. The van der Waals surface area contributed by atoms with Crippen molar-refractivity contribution in [3.05, 3.63) is 12.7 Å². The van der Waals surface area contributed by atoms with Crippen LogP contribution >= 0.6 is 0 Å². The van der Waals surface area contributed by atoms with Gasteiger partial charge in [0.05, 0.1) is 12.9 Å². The summed E-state index contributed by atoms with van der Waals surface area (Å²) in [5.74, 6) is 1.27. The zero-order chi connectivity index (χ0) is 21.3. The summed E-state index contributed by atoms with van der Waals surface area (Å²) in [6.45, 7) is 10.4. The highest BCUT2D eigenvalue weighted by atomic mass is 16.5. The Morgan fingerprint density at radius 1 is 1.23 bits per heavy atom. The van der Waals surface area contributed by atoms with E-state index in [1.54, 1.807) is 12.7 Å². The number of piperazine rings is 1. The van der Waals surface area contributed by atoms with Crippen molar-refractivity contribution < 1.29 is 14.6 Å². The van der Waals surface area contributed by atoms with Crippen LogP contribution in [0, 0.1) is 11.3 Å². The SMILES string of the molecule is CC(C)CN1CCN(c2ncnc3c2ncn3CC2(CO)CCOCC2)C(C)C1=O. The van der Waals surface area contributed by atoms with Crippen LogP contribution in [0.25, 0.3) is 11.2 Å². The lowest BCUT2D eigenvalue weighted by atomic mass is 9.81. The summed E-state index contributed by atoms with van der Waals surface area (Å²) >= 11 is 0. The molecule has 0 radical (unpaired) electrons. The van der Waals surface area contributed by atoms with E-state index >= 15 is 0 Å². The predicted molar refractivity (Wildman–Crippen MR) is 113 cm³/mol. The average Bonchev–Trinajstić information content (AvgIpc) is 3.15. The molecule has 2 saturated heterocycles. The summed E-state index contributed by atoms with van der Waals surface area (Å²) in [5.41, 5.74) is 1.22. The van der Waals surface area contributed by atoms with Crippen molar-refractivity contribution in [3.63, 3.8) is 0 Å². The number of rotatable bonds is 6. The number of hydrogen-bond acceptors (Lipinski definition) is 7. The first-order chi connectivity index (χ1) is 14.4. The van der Waals surface area contributed by atoms with Gasteiger partial charge in [-0.25, -0.2) is 15.0 Å². The van der Waals surface area contributed by atoms with Crippen LogP contribution in [-0.4, -0.2) is 80.9 Å². The van der Waals surface area contributed by atoms with Crippen molar-refractivity contribution in [2.45, 2.75) is 46.2 Å². The smallest absolute Gasteiger partial charge is 0.245 e. The molecule has 4 rings (SSSR count). The van der Waals surface area contributed by atoms with E-state index in [2.05, 4.69) is 28.8 Å². The van der Waals surface area contributed by atoms with Crippen molar-refractivity contribution in [1.82, 2.24) is 24.4 Å². The van der Waals surface area contributed by atoms with E-state index in [-0.39, 0.29) is 24.0 Å². The number of imidazole rings is 1. The lowest BCUT2D eigenvalue weighted by Crippen LogP contribution is -2.57. The number of carbonyl (C=O) groups excluding carboxylic acids is 1. The number of aliphatic hydroxyl groups is 1. The second kappa shape index (κ2) is 8.47. The van der Waals surface area contributed by atoms with Crippen LogP contribution in [0.2, 0.25) is 0 Å². The van der Waals surface area contributed by atoms with E-state index in [1.807, 2.05) is 21.3 Å². The number of anilines is 1. The highest BCUT2D eigenvalue weighted by Crippen LogP contribution is 2.34. The molecule has 9 heteroatoms. The Balaban J connectivity index is 1.60. The molecule has 164 valence electrons. The van der Waals surface area contributed by atoms with Gasteiger partial charge in [-0.2, -0.15) is 0 Å². The quantitative estimate of drug-likeness (QED) is 0.758. The van der Waals surface area contributed by atoms with Crippen LogP contribution in [0.5, 0.6) is 0 Å². The van der Waals surface area contributed by atoms with Crippen molar-refractivity contribution in [2.24, 2.45) is 11.3 Å². The summed E-state index contributed by atoms with van der Waals surface area (Å²) in [7, 11) is 0. The van der Waals surface area contributed by atoms with Crippen LogP contribution in [0.15, 0.2) is 12.7 Å². The maximum atomic E-state index is 12.9. The van der Waals surface area contributed by atoms with E-state index in [0.717, 1.165) is 31.6 Å². The molecule has 0 spiro atoms. The third kappa shape index (κ3) is 3.88. The second-order valence-corrected chi connectivity index (χ2v) is 9.06. The Labute approximate surface area is 177 Å². The Kier molecular flexibility index (Phi) is 5.92. The van der Waals surface area contributed by atoms with E-state index in [4.69, 9.17) is 4.74 Å². The molecule has 2 aliphatic heterocycles. The third-order valence-electron chi connectivity index (χ3n) is 6.38. The largest absolute Gasteiger partial charge is 0.396 e. The Hall–Kier alpha value is -2.26. The highest BCUT2D eigenvalue weighted by molar-refractivity contribution is 5.90. The molecule has 1 unspecified atom stereocenters. The van der Waals surface area contributed by atoms with Gasteiger partial charge in [0.25, 0.3) is 0 Å². The summed E-state index contributed by atoms with van der Waals surface area (Å²) in [5, 5.41) is 10.0. The number of carbonyl (C=O) groups is 1. The fraction of sp³-hybridized carbons (Fsp3) is 0.714. The molecule has 0 bridgehead atoms. The van der Waals surface area contributed by atoms with Gasteiger partial charge in [-0.05, 0) is 25.7 Å². The molecule has 30 heavy (non-hydrogen) atoms. The minimum Gasteiger partial charge on any atom is -0.396 e. The van der Waals surface area contributed by atoms with Crippen molar-refractivity contribution >= 4 is 22.9 Å². The lowest BCUT2D eigenvalue weighted by Gasteiger charge is -2.40. The molecule has 0 aromatic carbocycles. The van der Waals surface area contributed by atoms with Crippen molar-refractivity contribution in [1.29, 1.82) is 0 Å². The molecule has 2 aromatic heterocycles. The van der Waals surface area contributed by atoms with Crippen molar-refractivity contribution in [2.75, 3.05) is 44.4 Å². The molecule has 0 aliphatic carbocycles. The molecule has 2 aliphatic rings. The number of fused-ring (bicyclic) bond motifs is 1. The summed E-state index contributed by atoms with van der Waals surface area (Å²) in [6, 6.07) is -0.292. The van der Waals surface area contributed by atoms with Gasteiger partial charge in [0.2, 0.25) is 5.91 Å². The van der Waals surface area contributed by atoms with Gasteiger partial charge in [0, 0.05) is 44.8 Å². The van der Waals surface area contributed by atoms with E-state index < -0.39 is 0 Å². The topological polar surface area (TPSA) is 96.6 Å². The van der Waals surface area contributed by atoms with Crippen LogP contribution in [0.4, 0.5) is 5.82 Å². The molecular weight excluding hydrogens is 384 g/mol. The molecular formula is C21H32N6O3. The summed E-state index contributed by atoms with van der Waals surface area (Å²) < 4.78 is 7.49. The molecule has 4 heterocycles. The maximum absolute atomic E-state index is 12.9. The first kappa shape index (κ1) is 21.0. The van der Waals surface area contributed by atoms with Gasteiger partial charge < -0.3 is 24.2 Å². The zero-order valence-corrected chi connectivity index (χ0v) is 18.1. The van der Waals surface area contributed by atoms with Crippen LogP contribution in [0.3, 0.4) is 0 Å². The number of hydrogen-bond donors (Lipinski definition) is 1. The average molecular weight is 417 g/mol. The first-order valence-electron chi connectivity index (χ1n) is 10.8. The standard InChI is InChI=1S/C21H32N6O3/c1-15(2)10-25-6-7-27(16(3)20(25)29)19-17-18(22-13-23-19)26(14-24-17)11-21(12-28)4-8-30-9-5-21/h13-16,28H,4-12H2,1-3H3. The number of aromatic nitrogens is 4. The highest BCUT2D eigenvalue weighted by Gasteiger charge is 2.35. The molecule has 0 saturated carbocycles. The van der Waals surface area contributed by atoms with Crippen LogP contribution < -0.4 is 4.90 Å². The van der Waals surface area contributed by atoms with Gasteiger partial charge in [0.15, 0.2) is 17.0 Å². The fourth-order valence-electron chi connectivity index (χ4n) is 4.57. The first-order valence-corrected chi connectivity index (χ1v) is 10.8. The molecule has 1 amide bonds. The van der Waals surface area contributed by atoms with E-state index in [9.17, 15) is 9.90 Å². The molecule has 1 atom stereocenters. The van der Waals surface area contributed by atoms with Crippen molar-refractivity contribution in [3.8, 4) is 0 Å². The fourth-order valence-corrected chi connectivity index (χ4v) is 4.57. The number of nitrogens with zero attached hydrogens (tertiary/aromatic N) is 6. The second-order valence-electron chi connectivity index (χ2n) is 9.06. The number of amides is 1. The Morgan fingerprint density at radius 2 is 2.00 bits per heavy atom. The third-order valence-corrected chi connectivity index (χ3v) is 6.38.